The lowest BCUT2D eigenvalue weighted by molar-refractivity contribution is -0.146. The number of hydrogen-bond acceptors (Lipinski definition) is 5. The maximum absolute atomic E-state index is 12.9. The van der Waals surface area contributed by atoms with Gasteiger partial charge in [-0.1, -0.05) is 36.9 Å². The maximum atomic E-state index is 12.9. The molecule has 0 fully saturated rings. The van der Waals surface area contributed by atoms with E-state index in [4.69, 9.17) is 4.74 Å². The first-order chi connectivity index (χ1) is 14.6. The number of nitrogens with zero attached hydrogens (tertiary/aromatic N) is 1. The van der Waals surface area contributed by atoms with Crippen LogP contribution in [-0.2, 0) is 21.2 Å². The van der Waals surface area contributed by atoms with Crippen molar-refractivity contribution in [1.82, 2.24) is 0 Å². The zero-order valence-corrected chi connectivity index (χ0v) is 18.7. The number of rotatable bonds is 10. The van der Waals surface area contributed by atoms with Crippen molar-refractivity contribution in [3.05, 3.63) is 78.5 Å². The molecule has 1 unspecified atom stereocenters. The molecule has 0 radical (unpaired) electrons. The summed E-state index contributed by atoms with van der Waals surface area (Å²) in [5.74, 6) is -0.514. The van der Waals surface area contributed by atoms with E-state index >= 15 is 0 Å². The molecule has 7 heteroatoms. The van der Waals surface area contributed by atoms with Crippen LogP contribution in [0.5, 0.6) is 5.75 Å². The van der Waals surface area contributed by atoms with Crippen molar-refractivity contribution in [3.8, 4) is 5.75 Å². The average molecular weight is 442 g/mol. The van der Waals surface area contributed by atoms with Gasteiger partial charge in [-0.25, -0.2) is 8.42 Å². The molecule has 0 heterocycles. The van der Waals surface area contributed by atoms with Crippen LogP contribution in [0.1, 0.15) is 31.9 Å². The Morgan fingerprint density at radius 1 is 1.23 bits per heavy atom. The monoisotopic (exact) mass is 441 g/mol. The Balaban J connectivity index is 2.11. The van der Waals surface area contributed by atoms with E-state index in [9.17, 15) is 18.3 Å². The third-order valence-electron chi connectivity index (χ3n) is 5.11. The summed E-state index contributed by atoms with van der Waals surface area (Å²) in [6, 6.07) is 13.8. The molecule has 0 aliphatic heterocycles. The number of ether oxygens (including phenoxy) is 1. The first-order valence-corrected chi connectivity index (χ1v) is 11.2. The van der Waals surface area contributed by atoms with Crippen LogP contribution in [0.15, 0.2) is 77.3 Å². The minimum Gasteiger partial charge on any atom is -0.489 e. The van der Waals surface area contributed by atoms with Crippen molar-refractivity contribution in [2.45, 2.75) is 37.5 Å². The Morgan fingerprint density at radius 3 is 2.52 bits per heavy atom. The summed E-state index contributed by atoms with van der Waals surface area (Å²) in [6.45, 7) is 7.93. The van der Waals surface area contributed by atoms with Crippen LogP contribution in [0, 0.1) is 5.41 Å². The fourth-order valence-electron chi connectivity index (χ4n) is 2.68. The summed E-state index contributed by atoms with van der Waals surface area (Å²) in [6.07, 6.45) is 6.78. The van der Waals surface area contributed by atoms with Crippen LogP contribution < -0.4 is 4.74 Å². The highest BCUT2D eigenvalue weighted by atomic mass is 32.2. The van der Waals surface area contributed by atoms with Crippen LogP contribution in [0.3, 0.4) is 0 Å². The van der Waals surface area contributed by atoms with E-state index in [-0.39, 0.29) is 11.5 Å². The van der Waals surface area contributed by atoms with Gasteiger partial charge < -0.3 is 9.84 Å². The standard InChI is InChI=1S/C24H27NO5S/c1-5-25-15-7-9-19-11-13-21(14-12-19)30-17-20-8-6-10-22(16-20)31(28,29)18(2)24(3,4)23(26)27/h5-16,18H,1,17H2,2-4H3,(H,26,27)/b9-7+,25-15?. The zero-order valence-electron chi connectivity index (χ0n) is 17.9. The first-order valence-electron chi connectivity index (χ1n) is 9.69. The van der Waals surface area contributed by atoms with Gasteiger partial charge in [-0.05, 0) is 62.2 Å². The molecule has 1 atom stereocenters. The molecule has 2 rings (SSSR count). The van der Waals surface area contributed by atoms with Crippen LogP contribution in [-0.4, -0.2) is 31.0 Å². The van der Waals surface area contributed by atoms with Gasteiger partial charge in [-0.15, -0.1) is 0 Å². The maximum Gasteiger partial charge on any atom is 0.310 e. The smallest absolute Gasteiger partial charge is 0.310 e. The van der Waals surface area contributed by atoms with Gasteiger partial charge >= 0.3 is 5.97 Å². The first kappa shape index (κ1) is 24.1. The molecule has 164 valence electrons. The van der Waals surface area contributed by atoms with Gasteiger partial charge in [-0.3, -0.25) is 9.79 Å². The van der Waals surface area contributed by atoms with E-state index in [0.717, 1.165) is 5.56 Å². The number of carboxylic acids is 1. The number of carboxylic acid groups (broad SMARTS) is 1. The molecular formula is C24H27NO5S. The lowest BCUT2D eigenvalue weighted by atomic mass is 9.90. The zero-order chi connectivity index (χ0) is 23.1. The highest BCUT2D eigenvalue weighted by Gasteiger charge is 2.42. The second-order valence-corrected chi connectivity index (χ2v) is 9.83. The number of sulfone groups is 1. The summed E-state index contributed by atoms with van der Waals surface area (Å²) in [4.78, 5) is 15.4. The SMILES string of the molecule is C=CN=C/C=C/c1ccc(OCc2cccc(S(=O)(=O)C(C)C(C)(C)C(=O)O)c2)cc1. The van der Waals surface area contributed by atoms with Gasteiger partial charge in [0.05, 0.1) is 15.6 Å². The van der Waals surface area contributed by atoms with E-state index in [1.807, 2.05) is 30.3 Å². The minimum atomic E-state index is -3.83. The van der Waals surface area contributed by atoms with E-state index in [1.165, 1.54) is 39.1 Å². The Kier molecular flexibility index (Phi) is 7.94. The van der Waals surface area contributed by atoms with Gasteiger partial charge in [-0.2, -0.15) is 0 Å². The van der Waals surface area contributed by atoms with Crippen molar-refractivity contribution in [1.29, 1.82) is 0 Å². The molecule has 0 aliphatic carbocycles. The predicted octanol–water partition coefficient (Wildman–Crippen LogP) is 4.77. The largest absolute Gasteiger partial charge is 0.489 e. The van der Waals surface area contributed by atoms with Crippen LogP contribution >= 0.6 is 0 Å². The summed E-state index contributed by atoms with van der Waals surface area (Å²) < 4.78 is 31.7. The normalized spacial score (nSPS) is 13.4. The minimum absolute atomic E-state index is 0.0806. The van der Waals surface area contributed by atoms with Crippen molar-refractivity contribution >= 4 is 28.1 Å². The summed E-state index contributed by atoms with van der Waals surface area (Å²) in [5.41, 5.74) is 0.232. The third kappa shape index (κ3) is 6.15. The second kappa shape index (κ2) is 10.2. The molecule has 0 aliphatic rings. The van der Waals surface area contributed by atoms with Crippen molar-refractivity contribution < 1.29 is 23.1 Å². The van der Waals surface area contributed by atoms with E-state index < -0.39 is 26.5 Å². The molecule has 6 nitrogen and oxygen atoms in total. The molecule has 0 bridgehead atoms. The number of hydrogen-bond donors (Lipinski definition) is 1. The topological polar surface area (TPSA) is 93.0 Å². The molecule has 0 saturated carbocycles. The van der Waals surface area contributed by atoms with Gasteiger partial charge in [0, 0.05) is 12.4 Å². The molecule has 1 N–H and O–H groups in total. The van der Waals surface area contributed by atoms with Crippen molar-refractivity contribution in [2.75, 3.05) is 0 Å². The molecule has 0 amide bonds. The van der Waals surface area contributed by atoms with Crippen LogP contribution in [0.25, 0.3) is 6.08 Å². The van der Waals surface area contributed by atoms with E-state index in [2.05, 4.69) is 11.6 Å². The highest BCUT2D eigenvalue weighted by molar-refractivity contribution is 7.92. The lowest BCUT2D eigenvalue weighted by Gasteiger charge is -2.27. The van der Waals surface area contributed by atoms with Crippen LogP contribution in [0.4, 0.5) is 0 Å². The van der Waals surface area contributed by atoms with Gasteiger partial charge in [0.1, 0.15) is 12.4 Å². The number of carbonyl (C=O) groups is 1. The number of aliphatic imine (C=N–C) groups is 1. The Morgan fingerprint density at radius 2 is 1.90 bits per heavy atom. The number of benzene rings is 2. The molecule has 0 spiro atoms. The van der Waals surface area contributed by atoms with E-state index in [0.29, 0.717) is 11.3 Å². The Hall–Kier alpha value is -3.19. The van der Waals surface area contributed by atoms with Gasteiger partial charge in [0.2, 0.25) is 0 Å². The van der Waals surface area contributed by atoms with E-state index in [1.54, 1.807) is 24.4 Å². The molecule has 2 aromatic rings. The van der Waals surface area contributed by atoms with Crippen LogP contribution in [0.2, 0.25) is 0 Å². The number of aliphatic carboxylic acids is 1. The van der Waals surface area contributed by atoms with Gasteiger partial charge in [0.25, 0.3) is 0 Å². The summed E-state index contributed by atoms with van der Waals surface area (Å²) >= 11 is 0. The molecular weight excluding hydrogens is 414 g/mol. The molecule has 0 aromatic heterocycles. The molecule has 2 aromatic carbocycles. The average Bonchev–Trinajstić information content (AvgIpc) is 2.75. The van der Waals surface area contributed by atoms with Crippen molar-refractivity contribution in [2.24, 2.45) is 10.4 Å². The summed E-state index contributed by atoms with van der Waals surface area (Å²) in [5, 5.41) is 8.29. The Bertz CT molecular complexity index is 1080. The second-order valence-electron chi connectivity index (χ2n) is 7.56. The lowest BCUT2D eigenvalue weighted by Crippen LogP contribution is -2.40. The third-order valence-corrected chi connectivity index (χ3v) is 7.54. The molecule has 0 saturated heterocycles. The highest BCUT2D eigenvalue weighted by Crippen LogP contribution is 2.31. The summed E-state index contributed by atoms with van der Waals surface area (Å²) in [7, 11) is -3.83. The predicted molar refractivity (Wildman–Crippen MR) is 123 cm³/mol. The number of allylic oxidation sites excluding steroid dienone is 1. The molecule has 31 heavy (non-hydrogen) atoms. The fraction of sp³-hybridized carbons (Fsp3) is 0.250. The van der Waals surface area contributed by atoms with Gasteiger partial charge in [0.15, 0.2) is 9.84 Å². The quantitative estimate of drug-likeness (QED) is 0.536. The Labute approximate surface area is 183 Å². The van der Waals surface area contributed by atoms with Crippen molar-refractivity contribution in [3.63, 3.8) is 0 Å². The fourth-order valence-corrected chi connectivity index (χ4v) is 4.55.